The quantitative estimate of drug-likeness (QED) is 0.624. The Labute approximate surface area is 182 Å². The predicted octanol–water partition coefficient (Wildman–Crippen LogP) is 3.77. The molecule has 8 nitrogen and oxygen atoms in total. The summed E-state index contributed by atoms with van der Waals surface area (Å²) in [5.41, 5.74) is 2.34. The van der Waals surface area contributed by atoms with Gasteiger partial charge < -0.3 is 10.1 Å². The van der Waals surface area contributed by atoms with Gasteiger partial charge in [-0.05, 0) is 56.5 Å². The molecule has 3 aromatic rings. The Hall–Kier alpha value is -3.04. The van der Waals surface area contributed by atoms with E-state index in [2.05, 4.69) is 20.3 Å². The second-order valence-electron chi connectivity index (χ2n) is 7.55. The summed E-state index contributed by atoms with van der Waals surface area (Å²) >= 11 is 0. The van der Waals surface area contributed by atoms with Crippen LogP contribution in [-0.4, -0.2) is 41.3 Å². The third-order valence-electron chi connectivity index (χ3n) is 5.25. The maximum Gasteiger partial charge on any atom is 0.247 e. The van der Waals surface area contributed by atoms with Crippen LogP contribution in [0.1, 0.15) is 35.8 Å². The molecule has 0 saturated carbocycles. The fraction of sp³-hybridized carbons (Fsp3) is 0.318. The Kier molecular flexibility index (Phi) is 5.88. The van der Waals surface area contributed by atoms with Crippen LogP contribution < -0.4 is 10.1 Å². The SMILES string of the molecule is COc1ccc(C)cc1S(=O)(=O)N1CCC[C@H]1c1cncc(Nc2cccc(C)n2)n1. The highest BCUT2D eigenvalue weighted by Gasteiger charge is 2.38. The van der Waals surface area contributed by atoms with Crippen molar-refractivity contribution in [1.82, 2.24) is 19.3 Å². The first kappa shape index (κ1) is 21.2. The number of rotatable bonds is 6. The first-order chi connectivity index (χ1) is 14.9. The minimum absolute atomic E-state index is 0.174. The van der Waals surface area contributed by atoms with E-state index in [-0.39, 0.29) is 4.90 Å². The summed E-state index contributed by atoms with van der Waals surface area (Å²) in [5.74, 6) is 1.52. The number of nitrogens with zero attached hydrogens (tertiary/aromatic N) is 4. The van der Waals surface area contributed by atoms with E-state index in [1.807, 2.05) is 38.1 Å². The minimum atomic E-state index is -3.77. The molecule has 4 rings (SSSR count). The lowest BCUT2D eigenvalue weighted by Crippen LogP contribution is -2.31. The van der Waals surface area contributed by atoms with Gasteiger partial charge in [0.25, 0.3) is 0 Å². The highest BCUT2D eigenvalue weighted by molar-refractivity contribution is 7.89. The lowest BCUT2D eigenvalue weighted by atomic mass is 10.2. The summed E-state index contributed by atoms with van der Waals surface area (Å²) < 4.78 is 33.9. The Morgan fingerprint density at radius 2 is 1.94 bits per heavy atom. The second kappa shape index (κ2) is 8.60. The van der Waals surface area contributed by atoms with Crippen LogP contribution in [0.25, 0.3) is 0 Å². The number of methoxy groups -OCH3 is 1. The van der Waals surface area contributed by atoms with Gasteiger partial charge in [0.2, 0.25) is 10.0 Å². The van der Waals surface area contributed by atoms with Crippen molar-refractivity contribution < 1.29 is 13.2 Å². The van der Waals surface area contributed by atoms with Gasteiger partial charge >= 0.3 is 0 Å². The number of aryl methyl sites for hydroxylation is 2. The average molecular weight is 440 g/mol. The van der Waals surface area contributed by atoms with Gasteiger partial charge in [-0.25, -0.2) is 18.4 Å². The highest BCUT2D eigenvalue weighted by Crippen LogP contribution is 2.38. The third kappa shape index (κ3) is 4.38. The summed E-state index contributed by atoms with van der Waals surface area (Å²) in [6.45, 7) is 4.19. The molecule has 9 heteroatoms. The van der Waals surface area contributed by atoms with Gasteiger partial charge in [-0.15, -0.1) is 0 Å². The van der Waals surface area contributed by atoms with Crippen LogP contribution in [0.2, 0.25) is 0 Å². The summed E-state index contributed by atoms with van der Waals surface area (Å²) in [7, 11) is -2.29. The van der Waals surface area contributed by atoms with Crippen molar-refractivity contribution in [2.45, 2.75) is 37.6 Å². The molecule has 1 saturated heterocycles. The zero-order valence-corrected chi connectivity index (χ0v) is 18.6. The number of nitrogens with one attached hydrogen (secondary N) is 1. The lowest BCUT2D eigenvalue weighted by Gasteiger charge is -2.25. The Morgan fingerprint density at radius 3 is 2.71 bits per heavy atom. The number of aromatic nitrogens is 3. The Morgan fingerprint density at radius 1 is 1.10 bits per heavy atom. The summed E-state index contributed by atoms with van der Waals surface area (Å²) in [5, 5.41) is 3.15. The van der Waals surface area contributed by atoms with Crippen molar-refractivity contribution in [3.05, 3.63) is 65.7 Å². The van der Waals surface area contributed by atoms with E-state index in [1.54, 1.807) is 24.5 Å². The molecule has 0 radical (unpaired) electrons. The molecule has 0 amide bonds. The van der Waals surface area contributed by atoms with E-state index in [0.29, 0.717) is 36.0 Å². The molecule has 0 unspecified atom stereocenters. The van der Waals surface area contributed by atoms with Crippen molar-refractivity contribution in [1.29, 1.82) is 0 Å². The number of hydrogen-bond donors (Lipinski definition) is 1. The summed E-state index contributed by atoms with van der Waals surface area (Å²) in [6.07, 6.45) is 4.65. The zero-order chi connectivity index (χ0) is 22.0. The van der Waals surface area contributed by atoms with E-state index >= 15 is 0 Å². The zero-order valence-electron chi connectivity index (χ0n) is 17.7. The molecular weight excluding hydrogens is 414 g/mol. The molecule has 0 spiro atoms. The predicted molar refractivity (Wildman–Crippen MR) is 118 cm³/mol. The first-order valence-electron chi connectivity index (χ1n) is 10.1. The fourth-order valence-corrected chi connectivity index (χ4v) is 5.69. The van der Waals surface area contributed by atoms with Crippen LogP contribution in [0, 0.1) is 13.8 Å². The Bertz CT molecular complexity index is 1200. The molecule has 3 heterocycles. The number of sulfonamides is 1. The van der Waals surface area contributed by atoms with Crippen molar-refractivity contribution in [2.24, 2.45) is 0 Å². The van der Waals surface area contributed by atoms with Crippen LogP contribution >= 0.6 is 0 Å². The van der Waals surface area contributed by atoms with Crippen molar-refractivity contribution in [3.63, 3.8) is 0 Å². The van der Waals surface area contributed by atoms with Crippen LogP contribution in [0.4, 0.5) is 11.6 Å². The van der Waals surface area contributed by atoms with Gasteiger partial charge in [0.1, 0.15) is 22.3 Å². The van der Waals surface area contributed by atoms with Gasteiger partial charge in [0, 0.05) is 12.2 Å². The number of hydrogen-bond acceptors (Lipinski definition) is 7. The number of anilines is 2. The van der Waals surface area contributed by atoms with Gasteiger partial charge in [-0.3, -0.25) is 4.98 Å². The average Bonchev–Trinajstić information content (AvgIpc) is 3.25. The molecule has 1 aliphatic heterocycles. The van der Waals surface area contributed by atoms with Crippen LogP contribution in [0.3, 0.4) is 0 Å². The third-order valence-corrected chi connectivity index (χ3v) is 7.18. The molecule has 1 atom stereocenters. The molecule has 162 valence electrons. The van der Waals surface area contributed by atoms with E-state index in [4.69, 9.17) is 4.74 Å². The maximum atomic E-state index is 13.5. The van der Waals surface area contributed by atoms with Gasteiger partial charge in [0.15, 0.2) is 0 Å². The van der Waals surface area contributed by atoms with E-state index < -0.39 is 16.1 Å². The minimum Gasteiger partial charge on any atom is -0.495 e. The summed E-state index contributed by atoms with van der Waals surface area (Å²) in [6, 6.07) is 10.4. The van der Waals surface area contributed by atoms with Crippen molar-refractivity contribution >= 4 is 21.7 Å². The standard InChI is InChI=1S/C22H25N5O3S/c1-15-9-10-19(30-3)20(12-15)31(28,29)27-11-5-7-18(27)17-13-23-14-22(25-17)26-21-8-4-6-16(2)24-21/h4,6,8-10,12-14,18H,5,7,11H2,1-3H3,(H,24,25,26)/t18-/m0/s1. The van der Waals surface area contributed by atoms with E-state index in [1.165, 1.54) is 11.4 Å². The molecular formula is C22H25N5O3S. The highest BCUT2D eigenvalue weighted by atomic mass is 32.2. The fourth-order valence-electron chi connectivity index (χ4n) is 3.78. The molecule has 1 fully saturated rings. The van der Waals surface area contributed by atoms with Gasteiger partial charge in [-0.1, -0.05) is 12.1 Å². The Balaban J connectivity index is 1.65. The second-order valence-corrected chi connectivity index (χ2v) is 9.41. The van der Waals surface area contributed by atoms with Gasteiger partial charge in [0.05, 0.1) is 31.2 Å². The molecule has 1 N–H and O–H groups in total. The van der Waals surface area contributed by atoms with Crippen molar-refractivity contribution in [2.75, 3.05) is 19.0 Å². The van der Waals surface area contributed by atoms with E-state index in [9.17, 15) is 8.42 Å². The first-order valence-corrected chi connectivity index (χ1v) is 11.5. The monoisotopic (exact) mass is 439 g/mol. The number of ether oxygens (including phenoxy) is 1. The van der Waals surface area contributed by atoms with Crippen LogP contribution in [-0.2, 0) is 10.0 Å². The molecule has 1 aliphatic rings. The topological polar surface area (TPSA) is 97.3 Å². The normalized spacial score (nSPS) is 16.9. The summed E-state index contributed by atoms with van der Waals surface area (Å²) in [4.78, 5) is 13.5. The maximum absolute atomic E-state index is 13.5. The van der Waals surface area contributed by atoms with Crippen LogP contribution in [0.15, 0.2) is 53.7 Å². The smallest absolute Gasteiger partial charge is 0.247 e. The van der Waals surface area contributed by atoms with Crippen LogP contribution in [0.5, 0.6) is 5.75 Å². The van der Waals surface area contributed by atoms with E-state index in [0.717, 1.165) is 17.7 Å². The molecule has 2 aromatic heterocycles. The number of benzene rings is 1. The van der Waals surface area contributed by atoms with Crippen molar-refractivity contribution in [3.8, 4) is 5.75 Å². The molecule has 0 aliphatic carbocycles. The molecule has 31 heavy (non-hydrogen) atoms. The lowest BCUT2D eigenvalue weighted by molar-refractivity contribution is 0.377. The molecule has 1 aromatic carbocycles. The van der Waals surface area contributed by atoms with Gasteiger partial charge in [-0.2, -0.15) is 4.31 Å². The largest absolute Gasteiger partial charge is 0.495 e. The number of pyridine rings is 1. The molecule has 0 bridgehead atoms.